The van der Waals surface area contributed by atoms with Crippen LogP contribution < -0.4 is 5.73 Å². The van der Waals surface area contributed by atoms with Crippen molar-refractivity contribution in [1.29, 1.82) is 0 Å². The number of carbonyl (C=O) groups excluding carboxylic acids is 1. The fourth-order valence-corrected chi connectivity index (χ4v) is 3.62. The second kappa shape index (κ2) is 9.12. The van der Waals surface area contributed by atoms with Crippen LogP contribution in [-0.2, 0) is 11.3 Å². The van der Waals surface area contributed by atoms with Gasteiger partial charge in [0.1, 0.15) is 22.7 Å². The summed E-state index contributed by atoms with van der Waals surface area (Å²) in [5.41, 5.74) is 9.76. The van der Waals surface area contributed by atoms with Crippen molar-refractivity contribution in [2.45, 2.75) is 39.2 Å². The van der Waals surface area contributed by atoms with Crippen molar-refractivity contribution in [3.8, 4) is 0 Å². The van der Waals surface area contributed by atoms with E-state index in [9.17, 15) is 9.18 Å². The molecule has 0 aliphatic carbocycles. The first kappa shape index (κ1) is 20.8. The first-order valence-electron chi connectivity index (χ1n) is 10.5. The van der Waals surface area contributed by atoms with Gasteiger partial charge in [0.2, 0.25) is 0 Å². The van der Waals surface area contributed by atoms with Gasteiger partial charge in [0.05, 0.1) is 24.2 Å². The second-order valence-corrected chi connectivity index (χ2v) is 7.55. The van der Waals surface area contributed by atoms with Gasteiger partial charge in [-0.25, -0.2) is 19.2 Å². The van der Waals surface area contributed by atoms with Crippen molar-refractivity contribution in [2.24, 2.45) is 0 Å². The van der Waals surface area contributed by atoms with Gasteiger partial charge in [-0.15, -0.1) is 0 Å². The molecule has 4 rings (SSSR count). The van der Waals surface area contributed by atoms with E-state index in [0.717, 1.165) is 31.2 Å². The highest BCUT2D eigenvalue weighted by molar-refractivity contribution is 6.08. The van der Waals surface area contributed by atoms with E-state index in [4.69, 9.17) is 15.5 Å². The Balaban J connectivity index is 1.75. The summed E-state index contributed by atoms with van der Waals surface area (Å²) in [6.45, 7) is 2.80. The third kappa shape index (κ3) is 4.35. The lowest BCUT2D eigenvalue weighted by Crippen LogP contribution is -2.11. The highest BCUT2D eigenvalue weighted by atomic mass is 19.1. The van der Waals surface area contributed by atoms with Crippen LogP contribution in [0.3, 0.4) is 0 Å². The van der Waals surface area contributed by atoms with Crippen LogP contribution in [0.1, 0.15) is 48.5 Å². The van der Waals surface area contributed by atoms with E-state index in [1.807, 2.05) is 24.3 Å². The number of esters is 1. The topological polar surface area (TPSA) is 83.0 Å². The van der Waals surface area contributed by atoms with Gasteiger partial charge in [-0.2, -0.15) is 0 Å². The third-order valence-electron chi connectivity index (χ3n) is 5.28. The zero-order valence-electron chi connectivity index (χ0n) is 17.5. The second-order valence-electron chi connectivity index (χ2n) is 7.55. The minimum Gasteiger partial charge on any atom is -0.462 e. The number of aromatic nitrogens is 3. The van der Waals surface area contributed by atoms with Crippen LogP contribution in [0, 0.1) is 5.82 Å². The van der Waals surface area contributed by atoms with Gasteiger partial charge in [-0.05, 0) is 36.2 Å². The maximum atomic E-state index is 13.3. The number of nitrogens with zero attached hydrogens (tertiary/aromatic N) is 3. The van der Waals surface area contributed by atoms with E-state index in [0.29, 0.717) is 35.3 Å². The van der Waals surface area contributed by atoms with Gasteiger partial charge in [0.15, 0.2) is 5.65 Å². The van der Waals surface area contributed by atoms with Crippen molar-refractivity contribution < 1.29 is 13.9 Å². The highest BCUT2D eigenvalue weighted by Crippen LogP contribution is 2.29. The first-order chi connectivity index (χ1) is 15.1. The maximum Gasteiger partial charge on any atom is 0.344 e. The number of para-hydroxylation sites is 2. The van der Waals surface area contributed by atoms with Crippen LogP contribution in [0.15, 0.2) is 48.5 Å². The minimum absolute atomic E-state index is 0.228. The van der Waals surface area contributed by atoms with Crippen molar-refractivity contribution in [2.75, 3.05) is 12.3 Å². The van der Waals surface area contributed by atoms with Crippen LogP contribution in [0.4, 0.5) is 10.2 Å². The SMILES string of the molecule is CCCCCCOC(=O)c1c(N)n(Cc2ccc(F)cc2)c2nc3ccccc3nc12. The number of carbonyl (C=O) groups is 1. The molecule has 0 aliphatic heterocycles. The number of ether oxygens (including phenoxy) is 1. The number of hydrogen-bond donors (Lipinski definition) is 1. The molecule has 0 amide bonds. The summed E-state index contributed by atoms with van der Waals surface area (Å²) in [5, 5.41) is 0. The molecule has 0 spiro atoms. The Morgan fingerprint density at radius 1 is 1.03 bits per heavy atom. The monoisotopic (exact) mass is 420 g/mol. The molecule has 31 heavy (non-hydrogen) atoms. The van der Waals surface area contributed by atoms with Gasteiger partial charge in [0.25, 0.3) is 0 Å². The Bertz CT molecular complexity index is 1220. The third-order valence-corrected chi connectivity index (χ3v) is 5.28. The lowest BCUT2D eigenvalue weighted by molar-refractivity contribution is 0.0501. The summed E-state index contributed by atoms with van der Waals surface area (Å²) < 4.78 is 20.6. The molecule has 0 atom stereocenters. The number of fused-ring (bicyclic) bond motifs is 2. The van der Waals surface area contributed by atoms with Crippen LogP contribution >= 0.6 is 0 Å². The molecule has 0 saturated carbocycles. The van der Waals surface area contributed by atoms with Crippen LogP contribution in [0.25, 0.3) is 22.2 Å². The number of unbranched alkanes of at least 4 members (excludes halogenated alkanes) is 3. The zero-order valence-corrected chi connectivity index (χ0v) is 17.5. The van der Waals surface area contributed by atoms with Gasteiger partial charge >= 0.3 is 5.97 Å². The molecule has 160 valence electrons. The number of hydrogen-bond acceptors (Lipinski definition) is 5. The predicted octanol–water partition coefficient (Wildman–Crippen LogP) is 5.09. The summed E-state index contributed by atoms with van der Waals surface area (Å²) in [6, 6.07) is 13.6. The molecule has 0 unspecified atom stereocenters. The molecule has 0 radical (unpaired) electrons. The Labute approximate surface area is 179 Å². The molecule has 2 aromatic heterocycles. The number of rotatable bonds is 8. The molecule has 4 aromatic rings. The van der Waals surface area contributed by atoms with Crippen molar-refractivity contribution >= 4 is 34.0 Å². The summed E-state index contributed by atoms with van der Waals surface area (Å²) >= 11 is 0. The Morgan fingerprint density at radius 3 is 2.45 bits per heavy atom. The van der Waals surface area contributed by atoms with Crippen molar-refractivity contribution in [3.63, 3.8) is 0 Å². The van der Waals surface area contributed by atoms with E-state index in [-0.39, 0.29) is 17.2 Å². The molecular weight excluding hydrogens is 395 g/mol. The lowest BCUT2D eigenvalue weighted by atomic mass is 10.2. The van der Waals surface area contributed by atoms with Gasteiger partial charge in [0, 0.05) is 0 Å². The lowest BCUT2D eigenvalue weighted by Gasteiger charge is -2.08. The molecule has 0 saturated heterocycles. The summed E-state index contributed by atoms with van der Waals surface area (Å²) in [7, 11) is 0. The number of nitrogen functional groups attached to an aromatic ring is 1. The predicted molar refractivity (Wildman–Crippen MR) is 119 cm³/mol. The molecule has 6 nitrogen and oxygen atoms in total. The Morgan fingerprint density at radius 2 is 1.74 bits per heavy atom. The maximum absolute atomic E-state index is 13.3. The van der Waals surface area contributed by atoms with Crippen molar-refractivity contribution in [1.82, 2.24) is 14.5 Å². The smallest absolute Gasteiger partial charge is 0.344 e. The highest BCUT2D eigenvalue weighted by Gasteiger charge is 2.25. The van der Waals surface area contributed by atoms with Crippen LogP contribution in [0.5, 0.6) is 0 Å². The fraction of sp³-hybridized carbons (Fsp3) is 0.292. The molecule has 2 heterocycles. The average Bonchev–Trinajstić information content (AvgIpc) is 3.04. The van der Waals surface area contributed by atoms with E-state index < -0.39 is 5.97 Å². The molecule has 2 N–H and O–H groups in total. The van der Waals surface area contributed by atoms with Crippen LogP contribution in [-0.4, -0.2) is 27.1 Å². The standard InChI is InChI=1S/C24H25FN4O2/c1-2-3-4-7-14-31-24(30)20-21-23(28-19-9-6-5-8-18(19)27-21)29(22(20)26)15-16-10-12-17(25)13-11-16/h5-6,8-13H,2-4,7,14-15,26H2,1H3. The van der Waals surface area contributed by atoms with E-state index >= 15 is 0 Å². The first-order valence-corrected chi connectivity index (χ1v) is 10.5. The molecule has 0 aliphatic rings. The normalized spacial score (nSPS) is 11.3. The molecule has 2 aromatic carbocycles. The van der Waals surface area contributed by atoms with Gasteiger partial charge in [-0.1, -0.05) is 50.5 Å². The average molecular weight is 420 g/mol. The molecule has 0 fully saturated rings. The Kier molecular flexibility index (Phi) is 6.11. The minimum atomic E-state index is -0.499. The Hall–Kier alpha value is -3.48. The molecule has 0 bridgehead atoms. The van der Waals surface area contributed by atoms with Crippen LogP contribution in [0.2, 0.25) is 0 Å². The summed E-state index contributed by atoms with van der Waals surface area (Å²) in [6.07, 6.45) is 4.03. The largest absolute Gasteiger partial charge is 0.462 e. The number of benzene rings is 2. The van der Waals surface area contributed by atoms with Gasteiger partial charge in [-0.3, -0.25) is 0 Å². The molecule has 7 heteroatoms. The van der Waals surface area contributed by atoms with E-state index in [2.05, 4.69) is 11.9 Å². The van der Waals surface area contributed by atoms with E-state index in [1.165, 1.54) is 12.1 Å². The van der Waals surface area contributed by atoms with E-state index in [1.54, 1.807) is 16.7 Å². The van der Waals surface area contributed by atoms with Gasteiger partial charge < -0.3 is 15.0 Å². The fourth-order valence-electron chi connectivity index (χ4n) is 3.62. The number of halogens is 1. The molecular formula is C24H25FN4O2. The van der Waals surface area contributed by atoms with Crippen molar-refractivity contribution in [3.05, 3.63) is 65.5 Å². The zero-order chi connectivity index (χ0) is 21.8. The summed E-state index contributed by atoms with van der Waals surface area (Å²) in [5.74, 6) is -0.568. The number of anilines is 1. The quantitative estimate of drug-likeness (QED) is 0.317. The summed E-state index contributed by atoms with van der Waals surface area (Å²) in [4.78, 5) is 22.3. The number of nitrogens with two attached hydrogens (primary N) is 1.